The molecule has 0 spiro atoms. The Balaban J connectivity index is 1.62. The van der Waals surface area contributed by atoms with E-state index in [0.29, 0.717) is 5.75 Å². The van der Waals surface area contributed by atoms with Gasteiger partial charge in [-0.15, -0.1) is 11.3 Å². The monoisotopic (exact) mass is 354 g/mol. The normalized spacial score (nSPS) is 14.0. The summed E-state index contributed by atoms with van der Waals surface area (Å²) >= 11 is 1.76. The van der Waals surface area contributed by atoms with Crippen LogP contribution in [0.25, 0.3) is 10.2 Å². The van der Waals surface area contributed by atoms with E-state index >= 15 is 0 Å². The summed E-state index contributed by atoms with van der Waals surface area (Å²) in [7, 11) is 1.52. The van der Waals surface area contributed by atoms with Crippen molar-refractivity contribution in [3.8, 4) is 11.5 Å². The topological polar surface area (TPSA) is 79.6 Å². The Labute approximate surface area is 149 Å². The van der Waals surface area contributed by atoms with Crippen molar-refractivity contribution < 1.29 is 9.84 Å². The third kappa shape index (κ3) is 3.02. The Morgan fingerprint density at radius 1 is 1.28 bits per heavy atom. The van der Waals surface area contributed by atoms with E-state index in [1.807, 2.05) is 0 Å². The summed E-state index contributed by atoms with van der Waals surface area (Å²) in [5, 5.41) is 15.0. The van der Waals surface area contributed by atoms with Gasteiger partial charge >= 0.3 is 0 Å². The number of phenolic OH excluding ortho intramolecular Hbond substituents is 1. The quantitative estimate of drug-likeness (QED) is 0.551. The predicted molar refractivity (Wildman–Crippen MR) is 99.9 cm³/mol. The number of thiophene rings is 1. The number of fused-ring (bicyclic) bond motifs is 3. The minimum atomic E-state index is 0.106. The van der Waals surface area contributed by atoms with Gasteiger partial charge in [0, 0.05) is 4.88 Å². The van der Waals surface area contributed by atoms with Crippen LogP contribution in [0.4, 0.5) is 5.82 Å². The number of rotatable bonds is 4. The van der Waals surface area contributed by atoms with Crippen LogP contribution in [0.3, 0.4) is 0 Å². The number of ether oxygens (including phenoxy) is 1. The molecule has 2 N–H and O–H groups in total. The zero-order valence-electron chi connectivity index (χ0n) is 13.8. The van der Waals surface area contributed by atoms with Gasteiger partial charge in [-0.05, 0) is 55.0 Å². The second-order valence-corrected chi connectivity index (χ2v) is 7.00. The van der Waals surface area contributed by atoms with Crippen LogP contribution in [0.2, 0.25) is 0 Å². The summed E-state index contributed by atoms with van der Waals surface area (Å²) in [6.07, 6.45) is 7.92. The lowest BCUT2D eigenvalue weighted by Gasteiger charge is -2.11. The fraction of sp³-hybridized carbons (Fsp3) is 0.278. The minimum absolute atomic E-state index is 0.106. The average molecular weight is 354 g/mol. The third-order valence-electron chi connectivity index (χ3n) is 4.34. The molecule has 2 aromatic heterocycles. The molecule has 1 aromatic carbocycles. The Bertz CT molecular complexity index is 952. The first kappa shape index (κ1) is 15.8. The Hall–Kier alpha value is -2.67. The molecule has 0 fully saturated rings. The molecule has 0 saturated carbocycles. The highest BCUT2D eigenvalue weighted by Crippen LogP contribution is 2.38. The van der Waals surface area contributed by atoms with E-state index in [-0.39, 0.29) is 5.75 Å². The summed E-state index contributed by atoms with van der Waals surface area (Å²) < 4.78 is 5.11. The maximum Gasteiger partial charge on any atom is 0.161 e. The van der Waals surface area contributed by atoms with Gasteiger partial charge in [0.15, 0.2) is 17.3 Å². The first-order valence-corrected chi connectivity index (χ1v) is 8.99. The summed E-state index contributed by atoms with van der Waals surface area (Å²) in [5.74, 6) is 1.27. The van der Waals surface area contributed by atoms with Gasteiger partial charge in [0.2, 0.25) is 0 Å². The highest BCUT2D eigenvalue weighted by molar-refractivity contribution is 7.19. The third-order valence-corrected chi connectivity index (χ3v) is 5.54. The van der Waals surface area contributed by atoms with Crippen LogP contribution in [0.5, 0.6) is 11.5 Å². The van der Waals surface area contributed by atoms with Gasteiger partial charge < -0.3 is 9.84 Å². The van der Waals surface area contributed by atoms with E-state index in [0.717, 1.165) is 34.4 Å². The van der Waals surface area contributed by atoms with Crippen molar-refractivity contribution in [2.75, 3.05) is 12.5 Å². The molecule has 0 saturated heterocycles. The fourth-order valence-corrected chi connectivity index (χ4v) is 4.35. The van der Waals surface area contributed by atoms with Crippen molar-refractivity contribution in [2.24, 2.45) is 5.10 Å². The van der Waals surface area contributed by atoms with E-state index in [4.69, 9.17) is 4.74 Å². The fourth-order valence-electron chi connectivity index (χ4n) is 3.12. The molecule has 1 aliphatic rings. The summed E-state index contributed by atoms with van der Waals surface area (Å²) in [4.78, 5) is 11.2. The molecule has 7 heteroatoms. The van der Waals surface area contributed by atoms with Crippen LogP contribution in [-0.4, -0.2) is 28.4 Å². The van der Waals surface area contributed by atoms with Gasteiger partial charge in [0.1, 0.15) is 11.2 Å². The SMILES string of the molecule is COc1cc(/C=N/Nc2ncnc3sc4c(c23)CCCC4)ccc1O. The molecule has 3 aromatic rings. The number of hydrogen-bond donors (Lipinski definition) is 2. The molecule has 128 valence electrons. The van der Waals surface area contributed by atoms with Gasteiger partial charge in [-0.25, -0.2) is 9.97 Å². The van der Waals surface area contributed by atoms with Gasteiger partial charge in [0.25, 0.3) is 0 Å². The number of nitrogens with zero attached hydrogens (tertiary/aromatic N) is 3. The molecule has 0 amide bonds. The van der Waals surface area contributed by atoms with Crippen LogP contribution < -0.4 is 10.2 Å². The number of methoxy groups -OCH3 is 1. The number of hydrogen-bond acceptors (Lipinski definition) is 7. The van der Waals surface area contributed by atoms with E-state index in [2.05, 4.69) is 20.5 Å². The summed E-state index contributed by atoms with van der Waals surface area (Å²) in [6.45, 7) is 0. The van der Waals surface area contributed by atoms with Crippen molar-refractivity contribution in [3.63, 3.8) is 0 Å². The van der Waals surface area contributed by atoms with Crippen molar-refractivity contribution in [3.05, 3.63) is 40.5 Å². The lowest BCUT2D eigenvalue weighted by atomic mass is 9.97. The van der Waals surface area contributed by atoms with Gasteiger partial charge in [-0.2, -0.15) is 5.10 Å². The van der Waals surface area contributed by atoms with Crippen molar-refractivity contribution in [2.45, 2.75) is 25.7 Å². The number of aromatic nitrogens is 2. The molecule has 0 atom stereocenters. The minimum Gasteiger partial charge on any atom is -0.504 e. The number of benzene rings is 1. The first-order chi connectivity index (χ1) is 12.3. The molecule has 4 rings (SSSR count). The summed E-state index contributed by atoms with van der Waals surface area (Å²) in [5.41, 5.74) is 5.24. The smallest absolute Gasteiger partial charge is 0.161 e. The molecular formula is C18H18N4O2S. The zero-order chi connectivity index (χ0) is 17.2. The lowest BCUT2D eigenvalue weighted by molar-refractivity contribution is 0.373. The van der Waals surface area contributed by atoms with Crippen LogP contribution in [0, 0.1) is 0 Å². The number of anilines is 1. The van der Waals surface area contributed by atoms with Gasteiger partial charge in [-0.1, -0.05) is 0 Å². The number of hydrazone groups is 1. The Kier molecular flexibility index (Phi) is 4.23. The van der Waals surface area contributed by atoms with Gasteiger partial charge in [0.05, 0.1) is 18.7 Å². The molecule has 0 bridgehead atoms. The Morgan fingerprint density at radius 2 is 2.16 bits per heavy atom. The van der Waals surface area contributed by atoms with Crippen LogP contribution >= 0.6 is 11.3 Å². The summed E-state index contributed by atoms with van der Waals surface area (Å²) in [6, 6.07) is 5.08. The zero-order valence-corrected chi connectivity index (χ0v) is 14.6. The maximum absolute atomic E-state index is 9.64. The van der Waals surface area contributed by atoms with Crippen molar-refractivity contribution in [1.82, 2.24) is 9.97 Å². The largest absolute Gasteiger partial charge is 0.504 e. The van der Waals surface area contributed by atoms with E-state index < -0.39 is 0 Å². The number of nitrogens with one attached hydrogen (secondary N) is 1. The van der Waals surface area contributed by atoms with Crippen molar-refractivity contribution >= 4 is 33.6 Å². The van der Waals surface area contributed by atoms with Crippen molar-refractivity contribution in [1.29, 1.82) is 0 Å². The van der Waals surface area contributed by atoms with E-state index in [9.17, 15) is 5.11 Å². The molecule has 0 aliphatic heterocycles. The van der Waals surface area contributed by atoms with Crippen LogP contribution in [0.1, 0.15) is 28.8 Å². The van der Waals surface area contributed by atoms with Crippen LogP contribution in [-0.2, 0) is 12.8 Å². The number of aromatic hydroxyl groups is 1. The first-order valence-electron chi connectivity index (χ1n) is 8.17. The standard InChI is InChI=1S/C18H18N4O2S/c1-24-14-8-11(6-7-13(14)23)9-21-22-17-16-12-4-2-3-5-15(12)25-18(16)20-10-19-17/h6-10,23H,2-5H2,1H3,(H,19,20,22)/b21-9+. The second-order valence-electron chi connectivity index (χ2n) is 5.91. The molecular weight excluding hydrogens is 336 g/mol. The number of aryl methyl sites for hydroxylation is 2. The maximum atomic E-state index is 9.64. The van der Waals surface area contributed by atoms with E-state index in [1.54, 1.807) is 42.1 Å². The Morgan fingerprint density at radius 3 is 3.04 bits per heavy atom. The van der Waals surface area contributed by atoms with Crippen LogP contribution in [0.15, 0.2) is 29.6 Å². The molecule has 25 heavy (non-hydrogen) atoms. The highest BCUT2D eigenvalue weighted by atomic mass is 32.1. The molecule has 1 aliphatic carbocycles. The molecule has 0 unspecified atom stereocenters. The number of phenols is 1. The highest BCUT2D eigenvalue weighted by Gasteiger charge is 2.19. The molecule has 6 nitrogen and oxygen atoms in total. The van der Waals surface area contributed by atoms with Gasteiger partial charge in [-0.3, -0.25) is 5.43 Å². The second kappa shape index (κ2) is 6.68. The predicted octanol–water partition coefficient (Wildman–Crippen LogP) is 3.73. The van der Waals surface area contributed by atoms with E-state index in [1.165, 1.54) is 30.4 Å². The average Bonchev–Trinajstić information content (AvgIpc) is 3.02. The molecule has 2 heterocycles. The molecule has 0 radical (unpaired) electrons. The lowest BCUT2D eigenvalue weighted by Crippen LogP contribution is -2.01.